The first kappa shape index (κ1) is 13.3. The van der Waals surface area contributed by atoms with Crippen molar-refractivity contribution in [3.05, 3.63) is 29.6 Å². The highest BCUT2D eigenvalue weighted by molar-refractivity contribution is 5.51. The summed E-state index contributed by atoms with van der Waals surface area (Å²) >= 11 is 0. The molecule has 1 aromatic carbocycles. The van der Waals surface area contributed by atoms with Crippen molar-refractivity contribution in [2.75, 3.05) is 18.4 Å². The molecule has 18 heavy (non-hydrogen) atoms. The van der Waals surface area contributed by atoms with E-state index in [0.29, 0.717) is 6.04 Å². The maximum atomic E-state index is 13.4. The summed E-state index contributed by atoms with van der Waals surface area (Å²) in [4.78, 5) is 2.42. The molecule has 0 atom stereocenters. The Morgan fingerprint density at radius 3 is 2.61 bits per heavy atom. The summed E-state index contributed by atoms with van der Waals surface area (Å²) in [5, 5.41) is 3.40. The first-order valence-corrected chi connectivity index (χ1v) is 6.92. The molecule has 0 saturated carbocycles. The lowest BCUT2D eigenvalue weighted by Crippen LogP contribution is -2.29. The van der Waals surface area contributed by atoms with E-state index in [9.17, 15) is 4.39 Å². The predicted octanol–water partition coefficient (Wildman–Crippen LogP) is 3.63. The van der Waals surface area contributed by atoms with E-state index in [-0.39, 0.29) is 5.82 Å². The third-order valence-electron chi connectivity index (χ3n) is 3.35. The molecule has 0 aromatic heterocycles. The van der Waals surface area contributed by atoms with E-state index in [4.69, 9.17) is 0 Å². The molecule has 1 saturated heterocycles. The molecule has 2 nitrogen and oxygen atoms in total. The Kier molecular flexibility index (Phi) is 4.59. The highest BCUT2D eigenvalue weighted by atomic mass is 19.1. The van der Waals surface area contributed by atoms with Crippen molar-refractivity contribution in [1.82, 2.24) is 4.90 Å². The molecule has 0 radical (unpaired) electrons. The number of hydrogen-bond donors (Lipinski definition) is 1. The van der Waals surface area contributed by atoms with Gasteiger partial charge in [-0.25, -0.2) is 4.39 Å². The SMILES string of the molecule is CC(C)Nc1ccc(F)cc1CN1CCCCC1. The second-order valence-corrected chi connectivity index (χ2v) is 5.44. The Morgan fingerprint density at radius 1 is 1.22 bits per heavy atom. The Bertz CT molecular complexity index is 384. The summed E-state index contributed by atoms with van der Waals surface area (Å²) in [6, 6.07) is 5.42. The lowest BCUT2D eigenvalue weighted by Gasteiger charge is -2.27. The van der Waals surface area contributed by atoms with Crippen LogP contribution in [0.5, 0.6) is 0 Å². The van der Waals surface area contributed by atoms with Crippen LogP contribution in [0.4, 0.5) is 10.1 Å². The Labute approximate surface area is 109 Å². The third-order valence-corrected chi connectivity index (χ3v) is 3.35. The van der Waals surface area contributed by atoms with Gasteiger partial charge in [0.2, 0.25) is 0 Å². The smallest absolute Gasteiger partial charge is 0.123 e. The number of anilines is 1. The van der Waals surface area contributed by atoms with Crippen LogP contribution in [-0.2, 0) is 6.54 Å². The van der Waals surface area contributed by atoms with E-state index in [2.05, 4.69) is 24.1 Å². The van der Waals surface area contributed by atoms with Crippen LogP contribution >= 0.6 is 0 Å². The van der Waals surface area contributed by atoms with Crippen LogP contribution in [0.15, 0.2) is 18.2 Å². The molecule has 1 heterocycles. The summed E-state index contributed by atoms with van der Waals surface area (Å²) in [6.07, 6.45) is 3.86. The number of halogens is 1. The van der Waals surface area contributed by atoms with E-state index < -0.39 is 0 Å². The van der Waals surface area contributed by atoms with Crippen molar-refractivity contribution in [3.8, 4) is 0 Å². The van der Waals surface area contributed by atoms with Gasteiger partial charge in [-0.3, -0.25) is 4.90 Å². The Balaban J connectivity index is 2.10. The van der Waals surface area contributed by atoms with E-state index >= 15 is 0 Å². The highest BCUT2D eigenvalue weighted by Gasteiger charge is 2.13. The molecule has 0 spiro atoms. The first-order chi connectivity index (χ1) is 8.65. The topological polar surface area (TPSA) is 15.3 Å². The lowest BCUT2D eigenvalue weighted by molar-refractivity contribution is 0.221. The first-order valence-electron chi connectivity index (χ1n) is 6.92. The molecule has 0 unspecified atom stereocenters. The fourth-order valence-electron chi connectivity index (χ4n) is 2.50. The molecule has 3 heteroatoms. The standard InChI is InChI=1S/C15H23FN2/c1-12(2)17-15-7-6-14(16)10-13(15)11-18-8-4-3-5-9-18/h6-7,10,12,17H,3-5,8-9,11H2,1-2H3. The normalized spacial score (nSPS) is 17.1. The van der Waals surface area contributed by atoms with Gasteiger partial charge in [0.25, 0.3) is 0 Å². The van der Waals surface area contributed by atoms with Crippen molar-refractivity contribution in [3.63, 3.8) is 0 Å². The second kappa shape index (κ2) is 6.19. The number of nitrogens with one attached hydrogen (secondary N) is 1. The molecular weight excluding hydrogens is 227 g/mol. The van der Waals surface area contributed by atoms with E-state index in [1.807, 2.05) is 6.07 Å². The number of hydrogen-bond acceptors (Lipinski definition) is 2. The van der Waals surface area contributed by atoms with E-state index in [0.717, 1.165) is 30.9 Å². The van der Waals surface area contributed by atoms with Crippen molar-refractivity contribution >= 4 is 5.69 Å². The average molecular weight is 250 g/mol. The Morgan fingerprint density at radius 2 is 1.94 bits per heavy atom. The summed E-state index contributed by atoms with van der Waals surface area (Å²) in [5.41, 5.74) is 2.14. The molecule has 100 valence electrons. The van der Waals surface area contributed by atoms with Crippen LogP contribution < -0.4 is 5.32 Å². The van der Waals surface area contributed by atoms with Gasteiger partial charge in [-0.1, -0.05) is 6.42 Å². The van der Waals surface area contributed by atoms with Gasteiger partial charge >= 0.3 is 0 Å². The van der Waals surface area contributed by atoms with E-state index in [1.165, 1.54) is 25.3 Å². The minimum Gasteiger partial charge on any atom is -0.383 e. The largest absolute Gasteiger partial charge is 0.383 e. The highest BCUT2D eigenvalue weighted by Crippen LogP contribution is 2.21. The zero-order chi connectivity index (χ0) is 13.0. The molecule has 1 aliphatic rings. The quantitative estimate of drug-likeness (QED) is 0.877. The second-order valence-electron chi connectivity index (χ2n) is 5.44. The monoisotopic (exact) mass is 250 g/mol. The third kappa shape index (κ3) is 3.70. The van der Waals surface area contributed by atoms with Gasteiger partial charge in [0, 0.05) is 18.3 Å². The molecule has 0 amide bonds. The van der Waals surface area contributed by atoms with Gasteiger partial charge in [0.1, 0.15) is 5.82 Å². The van der Waals surface area contributed by atoms with Gasteiger partial charge in [0.05, 0.1) is 0 Å². The number of rotatable bonds is 4. The van der Waals surface area contributed by atoms with Crippen molar-refractivity contribution < 1.29 is 4.39 Å². The van der Waals surface area contributed by atoms with Crippen LogP contribution in [0.1, 0.15) is 38.7 Å². The van der Waals surface area contributed by atoms with Crippen LogP contribution in [0.25, 0.3) is 0 Å². The zero-order valence-corrected chi connectivity index (χ0v) is 11.4. The fraction of sp³-hybridized carbons (Fsp3) is 0.600. The van der Waals surface area contributed by atoms with Crippen molar-refractivity contribution in [2.24, 2.45) is 0 Å². The number of likely N-dealkylation sites (tertiary alicyclic amines) is 1. The summed E-state index contributed by atoms with van der Waals surface area (Å²) in [5.74, 6) is -0.142. The maximum absolute atomic E-state index is 13.4. The minimum atomic E-state index is -0.142. The zero-order valence-electron chi connectivity index (χ0n) is 11.4. The summed E-state index contributed by atoms with van der Waals surface area (Å²) in [7, 11) is 0. The van der Waals surface area contributed by atoms with Gasteiger partial charge in [-0.15, -0.1) is 0 Å². The van der Waals surface area contributed by atoms with Crippen LogP contribution in [0.2, 0.25) is 0 Å². The number of piperidine rings is 1. The molecule has 2 rings (SSSR count). The molecule has 1 N–H and O–H groups in total. The van der Waals surface area contributed by atoms with Gasteiger partial charge in [-0.2, -0.15) is 0 Å². The Hall–Kier alpha value is -1.09. The van der Waals surface area contributed by atoms with Gasteiger partial charge in [-0.05, 0) is 63.5 Å². The lowest BCUT2D eigenvalue weighted by atomic mass is 10.1. The summed E-state index contributed by atoms with van der Waals surface area (Å²) < 4.78 is 13.4. The molecule has 0 aliphatic carbocycles. The molecule has 1 fully saturated rings. The van der Waals surface area contributed by atoms with Gasteiger partial charge in [0.15, 0.2) is 0 Å². The molecular formula is C15H23FN2. The van der Waals surface area contributed by atoms with Crippen LogP contribution in [-0.4, -0.2) is 24.0 Å². The maximum Gasteiger partial charge on any atom is 0.123 e. The predicted molar refractivity (Wildman–Crippen MR) is 74.3 cm³/mol. The van der Waals surface area contributed by atoms with E-state index in [1.54, 1.807) is 6.07 Å². The van der Waals surface area contributed by atoms with Gasteiger partial charge < -0.3 is 5.32 Å². The average Bonchev–Trinajstić information content (AvgIpc) is 2.33. The van der Waals surface area contributed by atoms with Crippen LogP contribution in [0, 0.1) is 5.82 Å². The molecule has 0 bridgehead atoms. The molecule has 1 aromatic rings. The van der Waals surface area contributed by atoms with Crippen molar-refractivity contribution in [1.29, 1.82) is 0 Å². The van der Waals surface area contributed by atoms with Crippen molar-refractivity contribution in [2.45, 2.75) is 45.7 Å². The van der Waals surface area contributed by atoms with Crippen LogP contribution in [0.3, 0.4) is 0 Å². The summed E-state index contributed by atoms with van der Waals surface area (Å²) in [6.45, 7) is 7.34. The minimum absolute atomic E-state index is 0.142. The fourth-order valence-corrected chi connectivity index (χ4v) is 2.50. The molecule has 1 aliphatic heterocycles. The number of benzene rings is 1. The number of nitrogens with zero attached hydrogens (tertiary/aromatic N) is 1.